The third kappa shape index (κ3) is 2.11. The lowest BCUT2D eigenvalue weighted by molar-refractivity contribution is -0.169. The van der Waals surface area contributed by atoms with Crippen LogP contribution in [0.1, 0.15) is 13.8 Å². The average molecular weight is 167 g/mol. The Morgan fingerprint density at radius 3 is 2.00 bits per heavy atom. The average Bonchev–Trinajstić information content (AvgIpc) is 1.85. The smallest absolute Gasteiger partial charge is 0.376 e. The number of carboxylic acid groups (broad SMARTS) is 1. The van der Waals surface area contributed by atoms with Gasteiger partial charge in [-0.3, -0.25) is 0 Å². The van der Waals surface area contributed by atoms with E-state index in [1.807, 2.05) is 0 Å². The van der Waals surface area contributed by atoms with Crippen LogP contribution in [0, 0.1) is 5.92 Å². The standard InChI is InChI=1S/C6H11F2NO2/c1-3(2)4(9)6(7,8)5(10)11/h3-4H,9H2,1-2H3,(H,10,11). The molecule has 0 rings (SSSR count). The van der Waals surface area contributed by atoms with Crippen LogP contribution in [-0.4, -0.2) is 23.0 Å². The molecule has 0 aromatic rings. The fourth-order valence-electron chi connectivity index (χ4n) is 0.561. The van der Waals surface area contributed by atoms with E-state index in [1.54, 1.807) is 0 Å². The number of alkyl halides is 2. The summed E-state index contributed by atoms with van der Waals surface area (Å²) in [5.41, 5.74) is 4.96. The Balaban J connectivity index is 4.42. The third-order valence-corrected chi connectivity index (χ3v) is 1.42. The summed E-state index contributed by atoms with van der Waals surface area (Å²) in [6.45, 7) is 2.89. The van der Waals surface area contributed by atoms with Gasteiger partial charge in [0.1, 0.15) is 0 Å². The van der Waals surface area contributed by atoms with E-state index in [2.05, 4.69) is 0 Å². The lowest BCUT2D eigenvalue weighted by atomic mass is 9.99. The molecule has 0 spiro atoms. The van der Waals surface area contributed by atoms with E-state index < -0.39 is 23.9 Å². The maximum absolute atomic E-state index is 12.5. The molecule has 0 aliphatic rings. The van der Waals surface area contributed by atoms with E-state index in [-0.39, 0.29) is 0 Å². The lowest BCUT2D eigenvalue weighted by Gasteiger charge is -2.22. The number of hydrogen-bond donors (Lipinski definition) is 2. The van der Waals surface area contributed by atoms with Gasteiger partial charge in [0, 0.05) is 0 Å². The molecule has 1 atom stereocenters. The van der Waals surface area contributed by atoms with Crippen molar-refractivity contribution in [2.24, 2.45) is 11.7 Å². The highest BCUT2D eigenvalue weighted by Gasteiger charge is 2.46. The quantitative estimate of drug-likeness (QED) is 0.650. The van der Waals surface area contributed by atoms with Crippen LogP contribution in [0.25, 0.3) is 0 Å². The van der Waals surface area contributed by atoms with Gasteiger partial charge in [-0.1, -0.05) is 13.8 Å². The number of carboxylic acids is 1. The van der Waals surface area contributed by atoms with Gasteiger partial charge in [0.05, 0.1) is 6.04 Å². The molecule has 0 bridgehead atoms. The molecule has 0 heterocycles. The fourth-order valence-corrected chi connectivity index (χ4v) is 0.561. The van der Waals surface area contributed by atoms with Crippen molar-refractivity contribution in [1.82, 2.24) is 0 Å². The van der Waals surface area contributed by atoms with Crippen molar-refractivity contribution in [3.05, 3.63) is 0 Å². The van der Waals surface area contributed by atoms with Crippen molar-refractivity contribution in [3.63, 3.8) is 0 Å². The van der Waals surface area contributed by atoms with Crippen LogP contribution in [0.4, 0.5) is 8.78 Å². The van der Waals surface area contributed by atoms with E-state index in [0.29, 0.717) is 0 Å². The van der Waals surface area contributed by atoms with Crippen LogP contribution >= 0.6 is 0 Å². The zero-order valence-electron chi connectivity index (χ0n) is 6.34. The predicted molar refractivity (Wildman–Crippen MR) is 35.4 cm³/mol. The summed E-state index contributed by atoms with van der Waals surface area (Å²) in [7, 11) is 0. The summed E-state index contributed by atoms with van der Waals surface area (Å²) >= 11 is 0. The highest BCUT2D eigenvalue weighted by Crippen LogP contribution is 2.22. The van der Waals surface area contributed by atoms with Crippen LogP contribution in [0.3, 0.4) is 0 Å². The summed E-state index contributed by atoms with van der Waals surface area (Å²) in [5, 5.41) is 8.03. The van der Waals surface area contributed by atoms with Crippen molar-refractivity contribution in [2.45, 2.75) is 25.8 Å². The molecule has 5 heteroatoms. The Morgan fingerprint density at radius 2 is 1.91 bits per heavy atom. The zero-order chi connectivity index (χ0) is 9.23. The molecule has 0 aromatic carbocycles. The first-order chi connectivity index (χ1) is 4.80. The van der Waals surface area contributed by atoms with Crippen LogP contribution in [-0.2, 0) is 4.79 Å². The van der Waals surface area contributed by atoms with Gasteiger partial charge in [-0.15, -0.1) is 0 Å². The molecule has 66 valence electrons. The van der Waals surface area contributed by atoms with E-state index in [9.17, 15) is 13.6 Å². The number of aliphatic carboxylic acids is 1. The van der Waals surface area contributed by atoms with E-state index >= 15 is 0 Å². The molecule has 0 saturated carbocycles. The first kappa shape index (κ1) is 10.3. The minimum absolute atomic E-state index is 0.555. The highest BCUT2D eigenvalue weighted by atomic mass is 19.3. The predicted octanol–water partition coefficient (Wildman–Crippen LogP) is 0.690. The first-order valence-electron chi connectivity index (χ1n) is 3.17. The molecule has 0 aromatic heterocycles. The van der Waals surface area contributed by atoms with Gasteiger partial charge in [-0.25, -0.2) is 4.79 Å². The van der Waals surface area contributed by atoms with E-state index in [0.717, 1.165) is 0 Å². The highest BCUT2D eigenvalue weighted by molar-refractivity contribution is 5.76. The summed E-state index contributed by atoms with van der Waals surface area (Å²) in [6, 6.07) is -1.63. The van der Waals surface area contributed by atoms with Crippen molar-refractivity contribution in [2.75, 3.05) is 0 Å². The number of nitrogens with two attached hydrogens (primary N) is 1. The minimum Gasteiger partial charge on any atom is -0.477 e. The molecule has 1 unspecified atom stereocenters. The van der Waals surface area contributed by atoms with Crippen LogP contribution in [0.5, 0.6) is 0 Å². The Morgan fingerprint density at radius 1 is 1.55 bits per heavy atom. The SMILES string of the molecule is CC(C)C(N)C(F)(F)C(=O)O. The summed E-state index contributed by atoms with van der Waals surface area (Å²) in [5.74, 6) is -6.55. The van der Waals surface area contributed by atoms with Crippen molar-refractivity contribution in [1.29, 1.82) is 0 Å². The molecule has 11 heavy (non-hydrogen) atoms. The van der Waals surface area contributed by atoms with Crippen molar-refractivity contribution < 1.29 is 18.7 Å². The van der Waals surface area contributed by atoms with Gasteiger partial charge in [0.2, 0.25) is 0 Å². The fraction of sp³-hybridized carbons (Fsp3) is 0.833. The molecule has 3 nitrogen and oxygen atoms in total. The summed E-state index contributed by atoms with van der Waals surface area (Å²) in [6.07, 6.45) is 0. The summed E-state index contributed by atoms with van der Waals surface area (Å²) in [4.78, 5) is 9.94. The molecule has 0 amide bonds. The minimum atomic E-state index is -3.83. The van der Waals surface area contributed by atoms with Gasteiger partial charge in [-0.2, -0.15) is 8.78 Å². The number of rotatable bonds is 3. The topological polar surface area (TPSA) is 63.3 Å². The van der Waals surface area contributed by atoms with E-state index in [4.69, 9.17) is 10.8 Å². The maximum atomic E-state index is 12.5. The Hall–Kier alpha value is -0.710. The van der Waals surface area contributed by atoms with Gasteiger partial charge in [0.25, 0.3) is 0 Å². The van der Waals surface area contributed by atoms with Crippen LogP contribution < -0.4 is 5.73 Å². The molecule has 0 aliphatic heterocycles. The summed E-state index contributed by atoms with van der Waals surface area (Å²) < 4.78 is 24.9. The zero-order valence-corrected chi connectivity index (χ0v) is 6.34. The van der Waals surface area contributed by atoms with Gasteiger partial charge >= 0.3 is 11.9 Å². The van der Waals surface area contributed by atoms with E-state index in [1.165, 1.54) is 13.8 Å². The Kier molecular flexibility index (Phi) is 2.92. The Labute approximate surface area is 63.2 Å². The molecule has 0 fully saturated rings. The molecule has 0 saturated heterocycles. The first-order valence-corrected chi connectivity index (χ1v) is 3.17. The van der Waals surface area contributed by atoms with Crippen molar-refractivity contribution in [3.8, 4) is 0 Å². The van der Waals surface area contributed by atoms with Gasteiger partial charge in [0.15, 0.2) is 0 Å². The Bertz CT molecular complexity index is 159. The normalized spacial score (nSPS) is 15.1. The van der Waals surface area contributed by atoms with Gasteiger partial charge in [-0.05, 0) is 5.92 Å². The molecule has 0 aliphatic carbocycles. The number of hydrogen-bond acceptors (Lipinski definition) is 2. The number of halogens is 2. The molecular weight excluding hydrogens is 156 g/mol. The monoisotopic (exact) mass is 167 g/mol. The second-order valence-corrected chi connectivity index (χ2v) is 2.70. The lowest BCUT2D eigenvalue weighted by Crippen LogP contribution is -2.50. The largest absolute Gasteiger partial charge is 0.477 e. The van der Waals surface area contributed by atoms with Crippen LogP contribution in [0.2, 0.25) is 0 Å². The molecular formula is C6H11F2NO2. The maximum Gasteiger partial charge on any atom is 0.376 e. The second-order valence-electron chi connectivity index (χ2n) is 2.70. The third-order valence-electron chi connectivity index (χ3n) is 1.42. The van der Waals surface area contributed by atoms with Crippen molar-refractivity contribution >= 4 is 5.97 Å². The molecule has 0 radical (unpaired) electrons. The van der Waals surface area contributed by atoms with Gasteiger partial charge < -0.3 is 10.8 Å². The van der Waals surface area contributed by atoms with Crippen LogP contribution in [0.15, 0.2) is 0 Å². The molecule has 3 N–H and O–H groups in total. The second kappa shape index (κ2) is 3.13. The number of carbonyl (C=O) groups is 1.